The summed E-state index contributed by atoms with van der Waals surface area (Å²) in [6.45, 7) is 1.26. The normalized spacial score (nSPS) is 10.2. The van der Waals surface area contributed by atoms with E-state index in [-0.39, 0.29) is 11.4 Å². The summed E-state index contributed by atoms with van der Waals surface area (Å²) < 4.78 is 18.7. The molecule has 0 saturated carbocycles. The molecule has 8 heteroatoms. The molecule has 0 unspecified atom stereocenters. The molecule has 0 bridgehead atoms. The third-order valence-corrected chi connectivity index (χ3v) is 3.68. The fraction of sp³-hybridized carbons (Fsp3) is 0.0500. The lowest BCUT2D eigenvalue weighted by molar-refractivity contribution is -0.114. The van der Waals surface area contributed by atoms with Crippen molar-refractivity contribution in [1.82, 2.24) is 0 Å². The minimum Gasteiger partial charge on any atom is -0.459 e. The van der Waals surface area contributed by atoms with Crippen molar-refractivity contribution in [2.45, 2.75) is 6.92 Å². The van der Waals surface area contributed by atoms with Gasteiger partial charge in [-0.3, -0.25) is 14.4 Å². The Balaban J connectivity index is 1.66. The standard InChI is InChI=1S/C20H16FN3O4/c1-12(25)22-17-11-15(8-9-16(17)21)24-19(26)13-4-6-14(7-5-13)23-20(27)18-3-2-10-28-18/h2-11H,1H3,(H,22,25)(H,23,27)(H,24,26). The number of anilines is 3. The first-order valence-corrected chi connectivity index (χ1v) is 8.26. The molecule has 0 fully saturated rings. The highest BCUT2D eigenvalue weighted by Gasteiger charge is 2.11. The maximum atomic E-state index is 13.7. The van der Waals surface area contributed by atoms with Crippen LogP contribution in [0.5, 0.6) is 0 Å². The summed E-state index contributed by atoms with van der Waals surface area (Å²) in [6, 6.07) is 13.2. The van der Waals surface area contributed by atoms with Crippen molar-refractivity contribution in [3.05, 3.63) is 78.0 Å². The highest BCUT2D eigenvalue weighted by atomic mass is 19.1. The Morgan fingerprint density at radius 2 is 1.54 bits per heavy atom. The van der Waals surface area contributed by atoms with Gasteiger partial charge in [0, 0.05) is 23.9 Å². The molecular formula is C20H16FN3O4. The Morgan fingerprint density at radius 1 is 0.857 bits per heavy atom. The van der Waals surface area contributed by atoms with Gasteiger partial charge in [-0.05, 0) is 54.6 Å². The summed E-state index contributed by atoms with van der Waals surface area (Å²) in [6.07, 6.45) is 1.40. The van der Waals surface area contributed by atoms with Crippen LogP contribution in [0, 0.1) is 5.82 Å². The molecule has 2 aromatic carbocycles. The molecule has 0 atom stereocenters. The monoisotopic (exact) mass is 381 g/mol. The lowest BCUT2D eigenvalue weighted by Crippen LogP contribution is -2.14. The summed E-state index contributed by atoms with van der Waals surface area (Å²) >= 11 is 0. The van der Waals surface area contributed by atoms with Crippen LogP contribution < -0.4 is 16.0 Å². The molecule has 1 heterocycles. The first-order valence-electron chi connectivity index (χ1n) is 8.26. The van der Waals surface area contributed by atoms with Crippen LogP contribution in [-0.4, -0.2) is 17.7 Å². The largest absolute Gasteiger partial charge is 0.459 e. The van der Waals surface area contributed by atoms with Gasteiger partial charge in [0.2, 0.25) is 5.91 Å². The molecule has 0 aliphatic heterocycles. The minimum absolute atomic E-state index is 0.0266. The van der Waals surface area contributed by atoms with Crippen LogP contribution in [0.1, 0.15) is 27.8 Å². The zero-order chi connectivity index (χ0) is 20.1. The molecule has 0 aliphatic rings. The molecule has 7 nitrogen and oxygen atoms in total. The van der Waals surface area contributed by atoms with Crippen LogP contribution in [0.4, 0.5) is 21.5 Å². The molecule has 142 valence electrons. The van der Waals surface area contributed by atoms with Gasteiger partial charge in [-0.2, -0.15) is 0 Å². The zero-order valence-electron chi connectivity index (χ0n) is 14.8. The second kappa shape index (κ2) is 8.17. The third-order valence-electron chi connectivity index (χ3n) is 3.68. The molecule has 0 radical (unpaired) electrons. The minimum atomic E-state index is -0.607. The van der Waals surface area contributed by atoms with E-state index in [1.54, 1.807) is 18.2 Å². The summed E-state index contributed by atoms with van der Waals surface area (Å²) in [4.78, 5) is 35.4. The molecule has 0 aliphatic carbocycles. The molecule has 28 heavy (non-hydrogen) atoms. The molecule has 3 N–H and O–H groups in total. The number of furan rings is 1. The topological polar surface area (TPSA) is 100 Å². The molecule has 3 amide bonds. The Labute approximate surface area is 159 Å². The average Bonchev–Trinajstić information content (AvgIpc) is 3.19. The van der Waals surface area contributed by atoms with E-state index < -0.39 is 23.5 Å². The molecule has 3 aromatic rings. The molecular weight excluding hydrogens is 365 g/mol. The maximum absolute atomic E-state index is 13.7. The van der Waals surface area contributed by atoms with E-state index in [2.05, 4.69) is 16.0 Å². The Hall–Kier alpha value is -3.94. The van der Waals surface area contributed by atoms with Gasteiger partial charge < -0.3 is 20.4 Å². The maximum Gasteiger partial charge on any atom is 0.291 e. The van der Waals surface area contributed by atoms with Crippen LogP contribution in [0.15, 0.2) is 65.3 Å². The van der Waals surface area contributed by atoms with Gasteiger partial charge in [0.25, 0.3) is 11.8 Å². The second-order valence-electron chi connectivity index (χ2n) is 5.84. The van der Waals surface area contributed by atoms with Crippen molar-refractivity contribution in [1.29, 1.82) is 0 Å². The van der Waals surface area contributed by atoms with Crippen LogP contribution >= 0.6 is 0 Å². The fourth-order valence-electron chi connectivity index (χ4n) is 2.40. The van der Waals surface area contributed by atoms with Crippen LogP contribution in [-0.2, 0) is 4.79 Å². The summed E-state index contributed by atoms with van der Waals surface area (Å²) in [7, 11) is 0. The molecule has 0 spiro atoms. The SMILES string of the molecule is CC(=O)Nc1cc(NC(=O)c2ccc(NC(=O)c3ccco3)cc2)ccc1F. The lowest BCUT2D eigenvalue weighted by Gasteiger charge is -2.09. The smallest absolute Gasteiger partial charge is 0.291 e. The van der Waals surface area contributed by atoms with E-state index in [1.807, 2.05) is 0 Å². The van der Waals surface area contributed by atoms with Crippen LogP contribution in [0.3, 0.4) is 0 Å². The predicted octanol–water partition coefficient (Wildman–Crippen LogP) is 3.88. The second-order valence-corrected chi connectivity index (χ2v) is 5.84. The van der Waals surface area contributed by atoms with Crippen molar-refractivity contribution in [3.8, 4) is 0 Å². The van der Waals surface area contributed by atoms with E-state index in [4.69, 9.17) is 4.42 Å². The van der Waals surface area contributed by atoms with Crippen molar-refractivity contribution in [2.75, 3.05) is 16.0 Å². The van der Waals surface area contributed by atoms with Gasteiger partial charge in [0.05, 0.1) is 12.0 Å². The molecule has 3 rings (SSSR count). The molecule has 1 aromatic heterocycles. The van der Waals surface area contributed by atoms with Gasteiger partial charge in [-0.1, -0.05) is 0 Å². The zero-order valence-corrected chi connectivity index (χ0v) is 14.8. The van der Waals surface area contributed by atoms with Crippen LogP contribution in [0.2, 0.25) is 0 Å². The van der Waals surface area contributed by atoms with Gasteiger partial charge in [0.15, 0.2) is 5.76 Å². The number of amides is 3. The number of carbonyl (C=O) groups is 3. The summed E-state index contributed by atoms with van der Waals surface area (Å²) in [5, 5.41) is 7.62. The van der Waals surface area contributed by atoms with Gasteiger partial charge in [0.1, 0.15) is 5.82 Å². The van der Waals surface area contributed by atoms with Gasteiger partial charge in [-0.15, -0.1) is 0 Å². The van der Waals surface area contributed by atoms with Gasteiger partial charge in [-0.25, -0.2) is 4.39 Å². The van der Waals surface area contributed by atoms with Gasteiger partial charge >= 0.3 is 0 Å². The van der Waals surface area contributed by atoms with Crippen molar-refractivity contribution >= 4 is 34.8 Å². The molecule has 0 saturated heterocycles. The first-order chi connectivity index (χ1) is 13.4. The Bertz CT molecular complexity index is 1010. The van der Waals surface area contributed by atoms with Crippen molar-refractivity contribution in [2.24, 2.45) is 0 Å². The first kappa shape index (κ1) is 18.8. The number of hydrogen-bond donors (Lipinski definition) is 3. The Morgan fingerprint density at radius 3 is 2.18 bits per heavy atom. The quantitative estimate of drug-likeness (QED) is 0.624. The highest BCUT2D eigenvalue weighted by molar-refractivity contribution is 6.06. The van der Waals surface area contributed by atoms with Crippen molar-refractivity contribution in [3.63, 3.8) is 0 Å². The average molecular weight is 381 g/mol. The van der Waals surface area contributed by atoms with E-state index in [1.165, 1.54) is 43.5 Å². The van der Waals surface area contributed by atoms with E-state index in [0.717, 1.165) is 6.07 Å². The highest BCUT2D eigenvalue weighted by Crippen LogP contribution is 2.20. The number of carbonyl (C=O) groups excluding carboxylic acids is 3. The predicted molar refractivity (Wildman–Crippen MR) is 102 cm³/mol. The fourth-order valence-corrected chi connectivity index (χ4v) is 2.40. The van der Waals surface area contributed by atoms with E-state index in [9.17, 15) is 18.8 Å². The number of nitrogens with one attached hydrogen (secondary N) is 3. The summed E-state index contributed by atoms with van der Waals surface area (Å²) in [5.41, 5.74) is 1.13. The lowest BCUT2D eigenvalue weighted by atomic mass is 10.1. The number of halogens is 1. The number of rotatable bonds is 5. The third kappa shape index (κ3) is 4.61. The van der Waals surface area contributed by atoms with E-state index >= 15 is 0 Å². The van der Waals surface area contributed by atoms with Crippen molar-refractivity contribution < 1.29 is 23.2 Å². The Kier molecular flexibility index (Phi) is 5.50. The van der Waals surface area contributed by atoms with E-state index in [0.29, 0.717) is 16.9 Å². The summed E-state index contributed by atoms with van der Waals surface area (Å²) in [5.74, 6) is -1.68. The van der Waals surface area contributed by atoms with Crippen LogP contribution in [0.25, 0.3) is 0 Å². The number of benzene rings is 2. The number of hydrogen-bond acceptors (Lipinski definition) is 4.